The summed E-state index contributed by atoms with van der Waals surface area (Å²) in [5.41, 5.74) is 5.00. The zero-order chi connectivity index (χ0) is 23.5. The van der Waals surface area contributed by atoms with Crippen LogP contribution in [-0.2, 0) is 13.1 Å². The lowest BCUT2D eigenvalue weighted by atomic mass is 10.0. The van der Waals surface area contributed by atoms with Crippen molar-refractivity contribution in [2.45, 2.75) is 38.9 Å². The van der Waals surface area contributed by atoms with Crippen LogP contribution in [0, 0.1) is 6.92 Å². The van der Waals surface area contributed by atoms with Crippen LogP contribution < -0.4 is 5.32 Å². The molecule has 0 unspecified atom stereocenters. The van der Waals surface area contributed by atoms with E-state index in [2.05, 4.69) is 45.5 Å². The minimum Gasteiger partial charge on any atom is -0.506 e. The molecule has 7 nitrogen and oxygen atoms in total. The van der Waals surface area contributed by atoms with Gasteiger partial charge in [0.15, 0.2) is 0 Å². The molecule has 34 heavy (non-hydrogen) atoms. The van der Waals surface area contributed by atoms with Crippen molar-refractivity contribution in [3.63, 3.8) is 0 Å². The molecule has 1 saturated heterocycles. The molecule has 2 aromatic heterocycles. The molecule has 0 bridgehead atoms. The lowest BCUT2D eigenvalue weighted by Crippen LogP contribution is -2.39. The van der Waals surface area contributed by atoms with Gasteiger partial charge in [-0.3, -0.25) is 14.7 Å². The van der Waals surface area contributed by atoms with Crippen LogP contribution in [0.1, 0.15) is 40.2 Å². The molecule has 4 aromatic rings. The molecule has 1 fully saturated rings. The van der Waals surface area contributed by atoms with Gasteiger partial charge < -0.3 is 15.0 Å². The first-order valence-corrected chi connectivity index (χ1v) is 11.7. The third-order valence-electron chi connectivity index (χ3n) is 6.48. The van der Waals surface area contributed by atoms with E-state index in [9.17, 15) is 9.90 Å². The van der Waals surface area contributed by atoms with Crippen molar-refractivity contribution in [2.24, 2.45) is 0 Å². The number of pyridine rings is 1. The van der Waals surface area contributed by atoms with Gasteiger partial charge in [0.25, 0.3) is 0 Å². The third kappa shape index (κ3) is 4.79. The maximum atomic E-state index is 11.4. The van der Waals surface area contributed by atoms with Crippen LogP contribution in [0.4, 0.5) is 5.95 Å². The van der Waals surface area contributed by atoms with Crippen LogP contribution in [0.3, 0.4) is 0 Å². The molecule has 174 valence electrons. The predicted octanol–water partition coefficient (Wildman–Crippen LogP) is 4.38. The van der Waals surface area contributed by atoms with E-state index < -0.39 is 0 Å². The monoisotopic (exact) mass is 455 g/mol. The Morgan fingerprint density at radius 2 is 1.82 bits per heavy atom. The number of imidazole rings is 1. The van der Waals surface area contributed by atoms with E-state index in [0.29, 0.717) is 23.8 Å². The highest BCUT2D eigenvalue weighted by Gasteiger charge is 2.22. The van der Waals surface area contributed by atoms with Gasteiger partial charge in [0.2, 0.25) is 5.95 Å². The van der Waals surface area contributed by atoms with Gasteiger partial charge in [-0.2, -0.15) is 0 Å². The smallest absolute Gasteiger partial charge is 0.204 e. The number of carbonyl (C=O) groups is 1. The number of likely N-dealkylation sites (tertiary alicyclic amines) is 1. The van der Waals surface area contributed by atoms with Crippen LogP contribution in [-0.4, -0.2) is 50.0 Å². The molecule has 1 aliphatic rings. The summed E-state index contributed by atoms with van der Waals surface area (Å²) in [6.45, 7) is 5.27. The number of aryl methyl sites for hydroxylation is 1. The molecule has 1 aliphatic heterocycles. The first kappa shape index (κ1) is 22.1. The second-order valence-electron chi connectivity index (χ2n) is 8.99. The number of piperidine rings is 1. The van der Waals surface area contributed by atoms with E-state index in [1.165, 1.54) is 5.56 Å². The van der Waals surface area contributed by atoms with Gasteiger partial charge in [0.05, 0.1) is 17.6 Å². The first-order valence-electron chi connectivity index (χ1n) is 11.7. The van der Waals surface area contributed by atoms with Crippen LogP contribution in [0.15, 0.2) is 60.7 Å². The number of nitrogens with zero attached hydrogens (tertiary/aromatic N) is 4. The molecule has 0 aliphatic carbocycles. The summed E-state index contributed by atoms with van der Waals surface area (Å²) in [6, 6.07) is 19.8. The van der Waals surface area contributed by atoms with Gasteiger partial charge in [-0.05, 0) is 55.7 Å². The summed E-state index contributed by atoms with van der Waals surface area (Å²) in [7, 11) is 0. The van der Waals surface area contributed by atoms with Gasteiger partial charge >= 0.3 is 0 Å². The second kappa shape index (κ2) is 9.65. The second-order valence-corrected chi connectivity index (χ2v) is 8.99. The van der Waals surface area contributed by atoms with Crippen LogP contribution >= 0.6 is 0 Å². The lowest BCUT2D eigenvalue weighted by Gasteiger charge is -2.32. The van der Waals surface area contributed by atoms with Crippen molar-refractivity contribution in [1.29, 1.82) is 0 Å². The summed E-state index contributed by atoms with van der Waals surface area (Å²) in [4.78, 5) is 23.3. The average molecular weight is 456 g/mol. The van der Waals surface area contributed by atoms with Gasteiger partial charge in [-0.15, -0.1) is 0 Å². The summed E-state index contributed by atoms with van der Waals surface area (Å²) in [6.07, 6.45) is 2.88. The molecule has 2 aromatic carbocycles. The van der Waals surface area contributed by atoms with Crippen molar-refractivity contribution < 1.29 is 9.90 Å². The highest BCUT2D eigenvalue weighted by molar-refractivity contribution is 5.86. The number of aldehydes is 1. The van der Waals surface area contributed by atoms with Gasteiger partial charge in [0, 0.05) is 36.9 Å². The van der Waals surface area contributed by atoms with Crippen molar-refractivity contribution in [3.8, 4) is 5.75 Å². The molecule has 2 N–H and O–H groups in total. The van der Waals surface area contributed by atoms with Gasteiger partial charge in [-0.25, -0.2) is 4.98 Å². The Balaban J connectivity index is 1.37. The predicted molar refractivity (Wildman–Crippen MR) is 133 cm³/mol. The lowest BCUT2D eigenvalue weighted by molar-refractivity contribution is 0.112. The fourth-order valence-corrected chi connectivity index (χ4v) is 4.61. The minimum absolute atomic E-state index is 0.152. The number of benzene rings is 2. The number of rotatable bonds is 7. The fraction of sp³-hybridized carbons (Fsp3) is 0.296. The Morgan fingerprint density at radius 1 is 1.03 bits per heavy atom. The topological polar surface area (TPSA) is 83.3 Å². The number of aromatic hydroxyl groups is 1. The van der Waals surface area contributed by atoms with Crippen LogP contribution in [0.2, 0.25) is 0 Å². The standard InChI is InChI=1S/C27H29N5O2/c1-19-7-10-26(34)24(28-19)17-32-25-15-21(18-33)8-9-23(25)30-27(32)29-22-11-13-31(14-12-22)16-20-5-3-2-4-6-20/h2-10,15,18,22,34H,11-14,16-17H2,1H3,(H,29,30). The van der Waals surface area contributed by atoms with E-state index >= 15 is 0 Å². The fourth-order valence-electron chi connectivity index (χ4n) is 4.61. The number of carbonyl (C=O) groups excluding carboxylic acids is 1. The van der Waals surface area contributed by atoms with Crippen molar-refractivity contribution in [1.82, 2.24) is 19.4 Å². The molecule has 0 amide bonds. The number of anilines is 1. The van der Waals surface area contributed by atoms with Crippen LogP contribution in [0.25, 0.3) is 11.0 Å². The highest BCUT2D eigenvalue weighted by Crippen LogP contribution is 2.26. The van der Waals surface area contributed by atoms with Crippen molar-refractivity contribution in [3.05, 3.63) is 83.2 Å². The Kier molecular flexibility index (Phi) is 6.27. The Morgan fingerprint density at radius 3 is 2.59 bits per heavy atom. The Labute approximate surface area is 199 Å². The molecular weight excluding hydrogens is 426 g/mol. The third-order valence-corrected chi connectivity index (χ3v) is 6.48. The van der Waals surface area contributed by atoms with Gasteiger partial charge in [-0.1, -0.05) is 30.3 Å². The Hall–Kier alpha value is -3.71. The average Bonchev–Trinajstić information content (AvgIpc) is 3.19. The summed E-state index contributed by atoms with van der Waals surface area (Å²) >= 11 is 0. The maximum Gasteiger partial charge on any atom is 0.204 e. The normalized spacial score (nSPS) is 15.0. The number of hydrogen-bond acceptors (Lipinski definition) is 6. The quantitative estimate of drug-likeness (QED) is 0.403. The largest absolute Gasteiger partial charge is 0.506 e. The summed E-state index contributed by atoms with van der Waals surface area (Å²) in [5.74, 6) is 0.890. The number of nitrogens with one attached hydrogen (secondary N) is 1. The molecule has 7 heteroatoms. The molecule has 5 rings (SSSR count). The maximum absolute atomic E-state index is 11.4. The number of fused-ring (bicyclic) bond motifs is 1. The highest BCUT2D eigenvalue weighted by atomic mass is 16.3. The van der Waals surface area contributed by atoms with E-state index in [0.717, 1.165) is 61.4 Å². The number of aromatic nitrogens is 3. The van der Waals surface area contributed by atoms with E-state index in [-0.39, 0.29) is 5.75 Å². The van der Waals surface area contributed by atoms with Crippen molar-refractivity contribution in [2.75, 3.05) is 18.4 Å². The SMILES string of the molecule is Cc1ccc(O)c(Cn2c(NC3CCN(Cc4ccccc4)CC3)nc3ccc(C=O)cc32)n1. The van der Waals surface area contributed by atoms with E-state index in [1.54, 1.807) is 18.2 Å². The van der Waals surface area contributed by atoms with E-state index in [4.69, 9.17) is 4.98 Å². The molecule has 0 spiro atoms. The summed E-state index contributed by atoms with van der Waals surface area (Å²) < 4.78 is 2.01. The first-order chi connectivity index (χ1) is 16.6. The molecule has 3 heterocycles. The zero-order valence-electron chi connectivity index (χ0n) is 19.3. The van der Waals surface area contributed by atoms with E-state index in [1.807, 2.05) is 23.6 Å². The molecular formula is C27H29N5O2. The minimum atomic E-state index is 0.152. The Bertz CT molecular complexity index is 1290. The summed E-state index contributed by atoms with van der Waals surface area (Å²) in [5, 5.41) is 14.0. The molecule has 0 radical (unpaired) electrons. The number of hydrogen-bond donors (Lipinski definition) is 2. The van der Waals surface area contributed by atoms with Gasteiger partial charge in [0.1, 0.15) is 17.7 Å². The zero-order valence-corrected chi connectivity index (χ0v) is 19.3. The molecule has 0 atom stereocenters. The van der Waals surface area contributed by atoms with Crippen LogP contribution in [0.5, 0.6) is 5.75 Å². The molecule has 0 saturated carbocycles. The van der Waals surface area contributed by atoms with Crippen molar-refractivity contribution >= 4 is 23.3 Å².